The van der Waals surface area contributed by atoms with Crippen molar-refractivity contribution < 1.29 is 5.11 Å². The van der Waals surface area contributed by atoms with Crippen LogP contribution >= 0.6 is 11.8 Å². The summed E-state index contributed by atoms with van der Waals surface area (Å²) in [7, 11) is 0. The Morgan fingerprint density at radius 3 is 2.69 bits per heavy atom. The molecule has 5 heteroatoms. The summed E-state index contributed by atoms with van der Waals surface area (Å²) >= 11 is 1.62. The second-order valence-electron chi connectivity index (χ2n) is 2.75. The maximum atomic E-state index is 9.00. The highest BCUT2D eigenvalue weighted by atomic mass is 32.2. The lowest BCUT2D eigenvalue weighted by Gasteiger charge is -2.21. The molecule has 13 heavy (non-hydrogen) atoms. The highest BCUT2D eigenvalue weighted by molar-refractivity contribution is 7.99. The number of hydrogen-bond acceptors (Lipinski definition) is 3. The molecule has 4 N–H and O–H groups in total. The van der Waals surface area contributed by atoms with E-state index in [1.54, 1.807) is 11.8 Å². The second-order valence-corrected chi connectivity index (χ2v) is 3.83. The van der Waals surface area contributed by atoms with E-state index in [4.69, 9.17) is 10.8 Å². The number of guanidine groups is 1. The van der Waals surface area contributed by atoms with E-state index in [1.807, 2.05) is 20.1 Å². The number of rotatable bonds is 5. The molecule has 0 bridgehead atoms. The van der Waals surface area contributed by atoms with Gasteiger partial charge < -0.3 is 16.2 Å². The van der Waals surface area contributed by atoms with Gasteiger partial charge in [-0.05, 0) is 20.1 Å². The monoisotopic (exact) mass is 205 g/mol. The molecule has 0 saturated carbocycles. The summed E-state index contributed by atoms with van der Waals surface area (Å²) in [5.41, 5.74) is 5.58. The van der Waals surface area contributed by atoms with E-state index in [9.17, 15) is 0 Å². The molecule has 4 nitrogen and oxygen atoms in total. The number of aliphatic hydroxyl groups is 1. The first-order chi connectivity index (χ1) is 6.15. The van der Waals surface area contributed by atoms with Gasteiger partial charge >= 0.3 is 0 Å². The van der Waals surface area contributed by atoms with Gasteiger partial charge in [0.05, 0.1) is 6.61 Å². The Morgan fingerprint density at radius 1 is 1.69 bits per heavy atom. The van der Waals surface area contributed by atoms with E-state index in [0.29, 0.717) is 12.5 Å². The van der Waals surface area contributed by atoms with Crippen molar-refractivity contribution in [1.29, 1.82) is 0 Å². The van der Waals surface area contributed by atoms with Crippen molar-refractivity contribution in [2.24, 2.45) is 10.7 Å². The third-order valence-corrected chi connectivity index (χ3v) is 2.91. The molecular formula is C8H19N3OS. The molecule has 0 amide bonds. The lowest BCUT2D eigenvalue weighted by Crippen LogP contribution is -2.44. The van der Waals surface area contributed by atoms with Crippen LogP contribution in [0.25, 0.3) is 0 Å². The SMILES string of the molecule is CCN=C(N)NC(C)C(CO)SC. The zero-order chi connectivity index (χ0) is 10.3. The lowest BCUT2D eigenvalue weighted by molar-refractivity contribution is 0.281. The molecule has 0 fully saturated rings. The van der Waals surface area contributed by atoms with Crippen molar-refractivity contribution in [2.45, 2.75) is 25.1 Å². The smallest absolute Gasteiger partial charge is 0.188 e. The summed E-state index contributed by atoms with van der Waals surface area (Å²) in [4.78, 5) is 4.01. The third kappa shape index (κ3) is 5.00. The predicted octanol–water partition coefficient (Wildman–Crippen LogP) is 0.0230. The summed E-state index contributed by atoms with van der Waals surface area (Å²) in [5, 5.41) is 12.2. The molecule has 0 aromatic rings. The Bertz CT molecular complexity index is 159. The molecule has 0 heterocycles. The van der Waals surface area contributed by atoms with Crippen LogP contribution in [0.3, 0.4) is 0 Å². The van der Waals surface area contributed by atoms with Gasteiger partial charge in [0, 0.05) is 17.8 Å². The first-order valence-electron chi connectivity index (χ1n) is 4.35. The highest BCUT2D eigenvalue weighted by Gasteiger charge is 2.14. The van der Waals surface area contributed by atoms with Gasteiger partial charge in [-0.25, -0.2) is 0 Å². The van der Waals surface area contributed by atoms with Crippen LogP contribution in [0.15, 0.2) is 4.99 Å². The molecule has 0 aliphatic heterocycles. The van der Waals surface area contributed by atoms with Crippen molar-refractivity contribution in [3.63, 3.8) is 0 Å². The largest absolute Gasteiger partial charge is 0.395 e. The van der Waals surface area contributed by atoms with Crippen LogP contribution in [0.5, 0.6) is 0 Å². The first-order valence-corrected chi connectivity index (χ1v) is 5.64. The van der Waals surface area contributed by atoms with Crippen LogP contribution in [-0.4, -0.2) is 41.8 Å². The van der Waals surface area contributed by atoms with Crippen molar-refractivity contribution >= 4 is 17.7 Å². The Morgan fingerprint density at radius 2 is 2.31 bits per heavy atom. The fourth-order valence-corrected chi connectivity index (χ4v) is 1.60. The number of nitrogens with one attached hydrogen (secondary N) is 1. The minimum absolute atomic E-state index is 0.135. The lowest BCUT2D eigenvalue weighted by atomic mass is 10.2. The van der Waals surface area contributed by atoms with Gasteiger partial charge in [-0.2, -0.15) is 11.8 Å². The molecule has 0 aliphatic carbocycles. The summed E-state index contributed by atoms with van der Waals surface area (Å²) in [6.45, 7) is 4.73. The average molecular weight is 205 g/mol. The van der Waals surface area contributed by atoms with E-state index >= 15 is 0 Å². The Balaban J connectivity index is 3.96. The minimum atomic E-state index is 0.135. The zero-order valence-electron chi connectivity index (χ0n) is 8.45. The Kier molecular flexibility index (Phi) is 6.80. The highest BCUT2D eigenvalue weighted by Crippen LogP contribution is 2.09. The number of aliphatic imine (C=N–C) groups is 1. The molecule has 0 radical (unpaired) electrons. The van der Waals surface area contributed by atoms with Gasteiger partial charge in [0.2, 0.25) is 0 Å². The number of nitrogens with zero attached hydrogens (tertiary/aromatic N) is 1. The van der Waals surface area contributed by atoms with Gasteiger partial charge in [-0.15, -0.1) is 0 Å². The minimum Gasteiger partial charge on any atom is -0.395 e. The summed E-state index contributed by atoms with van der Waals surface area (Å²) in [5.74, 6) is 0.447. The van der Waals surface area contributed by atoms with Gasteiger partial charge in [-0.1, -0.05) is 0 Å². The number of nitrogens with two attached hydrogens (primary N) is 1. The molecule has 0 saturated heterocycles. The van der Waals surface area contributed by atoms with E-state index < -0.39 is 0 Å². The average Bonchev–Trinajstić information content (AvgIpc) is 2.06. The van der Waals surface area contributed by atoms with Crippen LogP contribution in [-0.2, 0) is 0 Å². The van der Waals surface area contributed by atoms with Gasteiger partial charge in [-0.3, -0.25) is 4.99 Å². The van der Waals surface area contributed by atoms with E-state index in [0.717, 1.165) is 0 Å². The molecule has 0 aliphatic rings. The Hall–Kier alpha value is -0.420. The molecule has 2 unspecified atom stereocenters. The number of hydrogen-bond donors (Lipinski definition) is 3. The summed E-state index contributed by atoms with van der Waals surface area (Å²) in [6, 6.07) is 0.135. The predicted molar refractivity (Wildman–Crippen MR) is 59.1 cm³/mol. The number of aliphatic hydroxyl groups excluding tert-OH is 1. The van der Waals surface area contributed by atoms with Gasteiger partial charge in [0.1, 0.15) is 0 Å². The fourth-order valence-electron chi connectivity index (χ4n) is 0.979. The van der Waals surface area contributed by atoms with Crippen LogP contribution in [0.2, 0.25) is 0 Å². The summed E-state index contributed by atoms with van der Waals surface area (Å²) in [6.07, 6.45) is 1.96. The topological polar surface area (TPSA) is 70.6 Å². The fraction of sp³-hybridized carbons (Fsp3) is 0.875. The number of thioether (sulfide) groups is 1. The molecule has 0 rings (SSSR count). The Labute approximate surface area is 84.0 Å². The maximum Gasteiger partial charge on any atom is 0.188 e. The summed E-state index contributed by atoms with van der Waals surface area (Å²) < 4.78 is 0. The second kappa shape index (κ2) is 7.03. The van der Waals surface area contributed by atoms with Crippen LogP contribution < -0.4 is 11.1 Å². The van der Waals surface area contributed by atoms with Crippen molar-refractivity contribution in [3.05, 3.63) is 0 Å². The normalized spacial score (nSPS) is 16.8. The quantitative estimate of drug-likeness (QED) is 0.437. The zero-order valence-corrected chi connectivity index (χ0v) is 9.27. The molecule has 0 aromatic carbocycles. The first kappa shape index (κ1) is 12.6. The van der Waals surface area contributed by atoms with E-state index in [2.05, 4.69) is 10.3 Å². The standard InChI is InChI=1S/C8H19N3OS/c1-4-10-8(9)11-6(2)7(5-12)13-3/h6-7,12H,4-5H2,1-3H3,(H3,9,10,11). The van der Waals surface area contributed by atoms with E-state index in [1.165, 1.54) is 0 Å². The van der Waals surface area contributed by atoms with Crippen molar-refractivity contribution in [1.82, 2.24) is 5.32 Å². The van der Waals surface area contributed by atoms with Crippen LogP contribution in [0.4, 0.5) is 0 Å². The van der Waals surface area contributed by atoms with Crippen molar-refractivity contribution in [2.75, 3.05) is 19.4 Å². The van der Waals surface area contributed by atoms with Crippen LogP contribution in [0, 0.1) is 0 Å². The molecular weight excluding hydrogens is 186 g/mol. The van der Waals surface area contributed by atoms with Crippen molar-refractivity contribution in [3.8, 4) is 0 Å². The molecule has 78 valence electrons. The van der Waals surface area contributed by atoms with E-state index in [-0.39, 0.29) is 17.9 Å². The molecule has 2 atom stereocenters. The van der Waals surface area contributed by atoms with Gasteiger partial charge in [0.15, 0.2) is 5.96 Å². The maximum absolute atomic E-state index is 9.00. The van der Waals surface area contributed by atoms with Crippen LogP contribution in [0.1, 0.15) is 13.8 Å². The third-order valence-electron chi connectivity index (χ3n) is 1.74. The molecule has 0 aromatic heterocycles. The molecule has 0 spiro atoms. The van der Waals surface area contributed by atoms with Gasteiger partial charge in [0.25, 0.3) is 0 Å².